The van der Waals surface area contributed by atoms with E-state index in [0.29, 0.717) is 5.54 Å². The molecular formula is C14H27N. The monoisotopic (exact) mass is 209 g/mol. The highest BCUT2D eigenvalue weighted by atomic mass is 15.0. The molecule has 1 N–H and O–H groups in total. The molecular weight excluding hydrogens is 182 g/mol. The van der Waals surface area contributed by atoms with Crippen LogP contribution in [0.5, 0.6) is 0 Å². The topological polar surface area (TPSA) is 12.0 Å². The van der Waals surface area contributed by atoms with E-state index in [1.165, 1.54) is 57.9 Å². The van der Waals surface area contributed by atoms with Gasteiger partial charge in [0.25, 0.3) is 0 Å². The summed E-state index contributed by atoms with van der Waals surface area (Å²) < 4.78 is 0. The average molecular weight is 209 g/mol. The van der Waals surface area contributed by atoms with E-state index in [1.54, 1.807) is 0 Å². The average Bonchev–Trinajstić information content (AvgIpc) is 2.99. The van der Waals surface area contributed by atoms with Crippen molar-refractivity contribution in [2.45, 2.75) is 70.8 Å². The number of hydrogen-bond donors (Lipinski definition) is 1. The van der Waals surface area contributed by atoms with Gasteiger partial charge in [-0.2, -0.15) is 0 Å². The van der Waals surface area contributed by atoms with Gasteiger partial charge in [-0.3, -0.25) is 0 Å². The number of piperidine rings is 1. The van der Waals surface area contributed by atoms with E-state index in [1.807, 2.05) is 0 Å². The van der Waals surface area contributed by atoms with Crippen molar-refractivity contribution in [1.29, 1.82) is 0 Å². The maximum atomic E-state index is 3.72. The molecule has 0 aromatic carbocycles. The molecule has 1 nitrogen and oxygen atoms in total. The van der Waals surface area contributed by atoms with Gasteiger partial charge in [0, 0.05) is 5.54 Å². The summed E-state index contributed by atoms with van der Waals surface area (Å²) in [7, 11) is 0. The van der Waals surface area contributed by atoms with Crippen LogP contribution in [-0.4, -0.2) is 12.1 Å². The van der Waals surface area contributed by atoms with Crippen molar-refractivity contribution >= 4 is 0 Å². The highest BCUT2D eigenvalue weighted by Crippen LogP contribution is 2.45. The first-order valence-electron chi connectivity index (χ1n) is 7.03. The van der Waals surface area contributed by atoms with Crippen LogP contribution in [-0.2, 0) is 0 Å². The lowest BCUT2D eigenvalue weighted by molar-refractivity contribution is 0.254. The molecule has 1 aliphatic heterocycles. The molecule has 1 atom stereocenters. The van der Waals surface area contributed by atoms with Crippen LogP contribution >= 0.6 is 0 Å². The molecule has 0 unspecified atom stereocenters. The van der Waals surface area contributed by atoms with Crippen molar-refractivity contribution < 1.29 is 0 Å². The van der Waals surface area contributed by atoms with Crippen LogP contribution in [0, 0.1) is 11.8 Å². The Labute approximate surface area is 95.0 Å². The first-order valence-corrected chi connectivity index (χ1v) is 7.03. The zero-order valence-electron chi connectivity index (χ0n) is 10.5. The van der Waals surface area contributed by atoms with Gasteiger partial charge < -0.3 is 5.32 Å². The number of rotatable bonds is 5. The Hall–Kier alpha value is -0.0400. The Balaban J connectivity index is 1.70. The van der Waals surface area contributed by atoms with Crippen LogP contribution < -0.4 is 5.32 Å². The largest absolute Gasteiger partial charge is 0.311 e. The zero-order valence-corrected chi connectivity index (χ0v) is 10.5. The highest BCUT2D eigenvalue weighted by Gasteiger charge is 2.45. The van der Waals surface area contributed by atoms with E-state index in [9.17, 15) is 0 Å². The second kappa shape index (κ2) is 4.86. The van der Waals surface area contributed by atoms with Crippen LogP contribution in [0.4, 0.5) is 0 Å². The molecule has 0 bridgehead atoms. The molecule has 1 heteroatoms. The third-order valence-corrected chi connectivity index (χ3v) is 4.72. The van der Waals surface area contributed by atoms with Gasteiger partial charge in [0.2, 0.25) is 0 Å². The summed E-state index contributed by atoms with van der Waals surface area (Å²) in [6, 6.07) is 0. The second-order valence-corrected chi connectivity index (χ2v) is 5.83. The molecule has 1 saturated carbocycles. The van der Waals surface area contributed by atoms with Gasteiger partial charge in [-0.25, -0.2) is 0 Å². The molecule has 15 heavy (non-hydrogen) atoms. The van der Waals surface area contributed by atoms with Gasteiger partial charge in [0.15, 0.2) is 0 Å². The maximum Gasteiger partial charge on any atom is 0.0185 e. The summed E-state index contributed by atoms with van der Waals surface area (Å²) in [6.07, 6.45) is 11.6. The SMILES string of the molecule is CCC(CC)CC[C@@H]1CCNC2(CC2)C1. The number of nitrogens with one attached hydrogen (secondary N) is 1. The van der Waals surface area contributed by atoms with Crippen LogP contribution in [0.15, 0.2) is 0 Å². The second-order valence-electron chi connectivity index (χ2n) is 5.83. The van der Waals surface area contributed by atoms with Gasteiger partial charge in [0.05, 0.1) is 0 Å². The summed E-state index contributed by atoms with van der Waals surface area (Å²) in [4.78, 5) is 0. The van der Waals surface area contributed by atoms with Crippen LogP contribution in [0.2, 0.25) is 0 Å². The molecule has 0 aromatic heterocycles. The van der Waals surface area contributed by atoms with Crippen molar-refractivity contribution in [2.75, 3.05) is 6.54 Å². The molecule has 0 radical (unpaired) electrons. The molecule has 1 spiro atoms. The molecule has 1 saturated heterocycles. The fourth-order valence-corrected chi connectivity index (χ4v) is 3.21. The van der Waals surface area contributed by atoms with Gasteiger partial charge >= 0.3 is 0 Å². The lowest BCUT2D eigenvalue weighted by Gasteiger charge is -2.31. The fourth-order valence-electron chi connectivity index (χ4n) is 3.21. The van der Waals surface area contributed by atoms with E-state index >= 15 is 0 Å². The molecule has 2 fully saturated rings. The number of hydrogen-bond acceptors (Lipinski definition) is 1. The van der Waals surface area contributed by atoms with Gasteiger partial charge in [0.1, 0.15) is 0 Å². The molecule has 2 rings (SSSR count). The van der Waals surface area contributed by atoms with E-state index in [-0.39, 0.29) is 0 Å². The predicted molar refractivity (Wildman–Crippen MR) is 66.0 cm³/mol. The highest BCUT2D eigenvalue weighted by molar-refractivity contribution is 5.05. The van der Waals surface area contributed by atoms with Crippen molar-refractivity contribution in [3.05, 3.63) is 0 Å². The quantitative estimate of drug-likeness (QED) is 0.727. The van der Waals surface area contributed by atoms with Gasteiger partial charge in [-0.1, -0.05) is 39.5 Å². The minimum Gasteiger partial charge on any atom is -0.311 e. The predicted octanol–water partition coefficient (Wildman–Crippen LogP) is 3.74. The van der Waals surface area contributed by atoms with Crippen molar-refractivity contribution in [3.63, 3.8) is 0 Å². The van der Waals surface area contributed by atoms with E-state index < -0.39 is 0 Å². The third-order valence-electron chi connectivity index (χ3n) is 4.72. The van der Waals surface area contributed by atoms with Crippen LogP contribution in [0.25, 0.3) is 0 Å². The molecule has 2 aliphatic rings. The lowest BCUT2D eigenvalue weighted by Crippen LogP contribution is -2.40. The summed E-state index contributed by atoms with van der Waals surface area (Å²) in [6.45, 7) is 5.98. The van der Waals surface area contributed by atoms with E-state index in [0.717, 1.165) is 11.8 Å². The molecule has 1 aliphatic carbocycles. The minimum absolute atomic E-state index is 0.636. The Morgan fingerprint density at radius 2 is 2.00 bits per heavy atom. The summed E-state index contributed by atoms with van der Waals surface area (Å²) in [5.74, 6) is 2.03. The van der Waals surface area contributed by atoms with Gasteiger partial charge in [-0.15, -0.1) is 0 Å². The third kappa shape index (κ3) is 2.96. The smallest absolute Gasteiger partial charge is 0.0185 e. The lowest BCUT2D eigenvalue weighted by atomic mass is 9.84. The molecule has 0 amide bonds. The molecule has 88 valence electrons. The first-order chi connectivity index (χ1) is 7.28. The maximum absolute atomic E-state index is 3.72. The zero-order chi connectivity index (χ0) is 10.7. The van der Waals surface area contributed by atoms with Crippen molar-refractivity contribution in [1.82, 2.24) is 5.32 Å². The standard InChI is InChI=1S/C14H27N/c1-3-12(4-2)5-6-13-7-10-15-14(11-13)8-9-14/h12-13,15H,3-11H2,1-2H3/t13-/m1/s1. The van der Waals surface area contributed by atoms with Crippen LogP contribution in [0.3, 0.4) is 0 Å². The minimum atomic E-state index is 0.636. The summed E-state index contributed by atoms with van der Waals surface area (Å²) in [5, 5.41) is 3.72. The van der Waals surface area contributed by atoms with Gasteiger partial charge in [-0.05, 0) is 44.1 Å². The normalized spacial score (nSPS) is 28.6. The Morgan fingerprint density at radius 1 is 1.27 bits per heavy atom. The first kappa shape index (κ1) is 11.4. The van der Waals surface area contributed by atoms with E-state index in [2.05, 4.69) is 19.2 Å². The Kier molecular flexibility index (Phi) is 3.71. The van der Waals surface area contributed by atoms with E-state index in [4.69, 9.17) is 0 Å². The summed E-state index contributed by atoms with van der Waals surface area (Å²) in [5.41, 5.74) is 0.636. The Morgan fingerprint density at radius 3 is 2.60 bits per heavy atom. The molecule has 0 aromatic rings. The Bertz CT molecular complexity index is 192. The van der Waals surface area contributed by atoms with Crippen LogP contribution in [0.1, 0.15) is 65.2 Å². The molecule has 1 heterocycles. The van der Waals surface area contributed by atoms with Crippen molar-refractivity contribution in [2.24, 2.45) is 11.8 Å². The fraction of sp³-hybridized carbons (Fsp3) is 1.00. The van der Waals surface area contributed by atoms with Crippen molar-refractivity contribution in [3.8, 4) is 0 Å². The summed E-state index contributed by atoms with van der Waals surface area (Å²) >= 11 is 0.